The number of hydrogen-bond donors (Lipinski definition) is 4. The van der Waals surface area contributed by atoms with Gasteiger partial charge >= 0.3 is 0 Å². The Morgan fingerprint density at radius 3 is 3.11 bits per heavy atom. The van der Waals surface area contributed by atoms with Crippen molar-refractivity contribution in [2.75, 3.05) is 26.7 Å². The summed E-state index contributed by atoms with van der Waals surface area (Å²) in [6, 6.07) is 0. The van der Waals surface area contributed by atoms with Crippen molar-refractivity contribution in [3.05, 3.63) is 24.2 Å². The van der Waals surface area contributed by atoms with Crippen molar-refractivity contribution in [3.8, 4) is 0 Å². The number of likely N-dealkylation sites (N-methyl/N-ethyl adjacent to an activating group) is 1. The maximum absolute atomic E-state index is 9.12. The SMILES string of the molecule is C=C1C=C(N(C)C2CNCC(CO)O2)N=C(N)N1. The lowest BCUT2D eigenvalue weighted by atomic mass is 10.3. The van der Waals surface area contributed by atoms with Crippen LogP contribution in [0.5, 0.6) is 0 Å². The van der Waals surface area contributed by atoms with E-state index < -0.39 is 0 Å². The Balaban J connectivity index is 2.06. The Bertz CT molecular complexity index is 393. The Morgan fingerprint density at radius 1 is 1.67 bits per heavy atom. The number of morpholine rings is 1. The van der Waals surface area contributed by atoms with Gasteiger partial charge in [-0.2, -0.15) is 4.99 Å². The maximum atomic E-state index is 9.12. The van der Waals surface area contributed by atoms with Gasteiger partial charge < -0.3 is 31.1 Å². The van der Waals surface area contributed by atoms with Crippen molar-refractivity contribution in [1.29, 1.82) is 0 Å². The largest absolute Gasteiger partial charge is 0.394 e. The van der Waals surface area contributed by atoms with Crippen LogP contribution >= 0.6 is 0 Å². The molecule has 0 saturated carbocycles. The Hall–Kier alpha value is -1.57. The standard InChI is InChI=1S/C11H19N5O2/c1-7-3-9(15-11(12)14-7)16(2)10-5-13-4-8(6-17)18-10/h3,8,10,13,17H,1,4-6H2,2H3,(H3,12,14,15). The first-order valence-electron chi connectivity index (χ1n) is 5.82. The molecule has 2 aliphatic rings. The normalized spacial score (nSPS) is 28.2. The minimum atomic E-state index is -0.196. The van der Waals surface area contributed by atoms with E-state index in [1.54, 1.807) is 6.08 Å². The number of aliphatic imine (C=N–C) groups is 1. The molecule has 0 aromatic rings. The Labute approximate surface area is 106 Å². The van der Waals surface area contributed by atoms with Crippen molar-refractivity contribution in [2.24, 2.45) is 10.7 Å². The number of aliphatic hydroxyl groups excluding tert-OH is 1. The molecule has 0 bridgehead atoms. The van der Waals surface area contributed by atoms with Gasteiger partial charge in [-0.1, -0.05) is 6.58 Å². The van der Waals surface area contributed by atoms with Gasteiger partial charge in [-0.3, -0.25) is 0 Å². The summed E-state index contributed by atoms with van der Waals surface area (Å²) in [6.07, 6.45) is 1.41. The smallest absolute Gasteiger partial charge is 0.199 e. The average molecular weight is 253 g/mol. The van der Waals surface area contributed by atoms with E-state index in [4.69, 9.17) is 15.6 Å². The number of ether oxygens (including phenoxy) is 1. The minimum Gasteiger partial charge on any atom is -0.394 e. The average Bonchev–Trinajstić information content (AvgIpc) is 2.37. The monoisotopic (exact) mass is 253 g/mol. The molecule has 2 atom stereocenters. The fraction of sp³-hybridized carbons (Fsp3) is 0.545. The van der Waals surface area contributed by atoms with Crippen LogP contribution in [0.1, 0.15) is 0 Å². The molecule has 2 aliphatic heterocycles. The quantitative estimate of drug-likeness (QED) is 0.489. The minimum absolute atomic E-state index is 0.00391. The molecule has 0 aromatic heterocycles. The number of rotatable bonds is 3. The first-order valence-corrected chi connectivity index (χ1v) is 5.82. The third kappa shape index (κ3) is 2.81. The van der Waals surface area contributed by atoms with Gasteiger partial charge in [0.2, 0.25) is 0 Å². The van der Waals surface area contributed by atoms with Gasteiger partial charge in [-0.05, 0) is 0 Å². The number of nitrogens with one attached hydrogen (secondary N) is 2. The van der Waals surface area contributed by atoms with Gasteiger partial charge in [0.1, 0.15) is 12.0 Å². The summed E-state index contributed by atoms with van der Waals surface area (Å²) in [5, 5.41) is 15.1. The molecule has 0 spiro atoms. The van der Waals surface area contributed by atoms with E-state index in [9.17, 15) is 0 Å². The zero-order valence-electron chi connectivity index (χ0n) is 10.4. The lowest BCUT2D eigenvalue weighted by molar-refractivity contribution is -0.113. The fourth-order valence-corrected chi connectivity index (χ4v) is 1.89. The predicted molar refractivity (Wildman–Crippen MR) is 68.4 cm³/mol. The van der Waals surface area contributed by atoms with Crippen LogP contribution in [0.4, 0.5) is 0 Å². The van der Waals surface area contributed by atoms with E-state index in [1.165, 1.54) is 0 Å². The third-order valence-electron chi connectivity index (χ3n) is 2.86. The molecular weight excluding hydrogens is 234 g/mol. The molecular formula is C11H19N5O2. The highest BCUT2D eigenvalue weighted by molar-refractivity contribution is 5.82. The van der Waals surface area contributed by atoms with Crippen LogP contribution in [0, 0.1) is 0 Å². The van der Waals surface area contributed by atoms with E-state index >= 15 is 0 Å². The van der Waals surface area contributed by atoms with Gasteiger partial charge in [-0.15, -0.1) is 0 Å². The number of hydrogen-bond acceptors (Lipinski definition) is 7. The highest BCUT2D eigenvalue weighted by Gasteiger charge is 2.26. The molecule has 0 aliphatic carbocycles. The molecule has 0 aromatic carbocycles. The lowest BCUT2D eigenvalue weighted by Crippen LogP contribution is -2.52. The van der Waals surface area contributed by atoms with Crippen LogP contribution in [0.3, 0.4) is 0 Å². The molecule has 2 rings (SSSR count). The fourth-order valence-electron chi connectivity index (χ4n) is 1.89. The summed E-state index contributed by atoms with van der Waals surface area (Å²) in [4.78, 5) is 6.07. The molecule has 0 amide bonds. The number of nitrogens with zero attached hydrogens (tertiary/aromatic N) is 2. The van der Waals surface area contributed by atoms with Crippen LogP contribution in [-0.2, 0) is 4.74 Å². The summed E-state index contributed by atoms with van der Waals surface area (Å²) in [5.74, 6) is 0.994. The molecule has 7 heteroatoms. The number of aliphatic hydroxyl groups is 1. The number of nitrogens with two attached hydrogens (primary N) is 1. The van der Waals surface area contributed by atoms with Gasteiger partial charge in [0.25, 0.3) is 0 Å². The summed E-state index contributed by atoms with van der Waals surface area (Å²) >= 11 is 0. The zero-order chi connectivity index (χ0) is 13.1. The van der Waals surface area contributed by atoms with E-state index in [1.807, 2.05) is 11.9 Å². The lowest BCUT2D eigenvalue weighted by Gasteiger charge is -2.37. The van der Waals surface area contributed by atoms with E-state index in [0.717, 1.165) is 0 Å². The van der Waals surface area contributed by atoms with Crippen LogP contribution in [0.2, 0.25) is 0 Å². The van der Waals surface area contributed by atoms with Crippen molar-refractivity contribution >= 4 is 5.96 Å². The van der Waals surface area contributed by atoms with Crippen molar-refractivity contribution in [1.82, 2.24) is 15.5 Å². The summed E-state index contributed by atoms with van der Waals surface area (Å²) in [5.41, 5.74) is 6.34. The molecule has 1 fully saturated rings. The van der Waals surface area contributed by atoms with Gasteiger partial charge in [0.05, 0.1) is 12.7 Å². The van der Waals surface area contributed by atoms with Crippen molar-refractivity contribution < 1.29 is 9.84 Å². The first kappa shape index (κ1) is 12.9. The van der Waals surface area contributed by atoms with E-state index in [0.29, 0.717) is 30.6 Å². The summed E-state index contributed by atoms with van der Waals surface area (Å²) < 4.78 is 5.73. The Kier molecular flexibility index (Phi) is 3.85. The molecule has 0 radical (unpaired) electrons. The molecule has 2 heterocycles. The number of guanidine groups is 1. The summed E-state index contributed by atoms with van der Waals surface area (Å²) in [6.45, 7) is 5.12. The highest BCUT2D eigenvalue weighted by Crippen LogP contribution is 2.16. The summed E-state index contributed by atoms with van der Waals surface area (Å²) in [7, 11) is 1.87. The second-order valence-corrected chi connectivity index (χ2v) is 4.31. The number of allylic oxidation sites excluding steroid dienone is 1. The third-order valence-corrected chi connectivity index (χ3v) is 2.86. The van der Waals surface area contributed by atoms with E-state index in [-0.39, 0.29) is 18.9 Å². The second kappa shape index (κ2) is 5.38. The second-order valence-electron chi connectivity index (χ2n) is 4.31. The van der Waals surface area contributed by atoms with Gasteiger partial charge in [0, 0.05) is 31.9 Å². The van der Waals surface area contributed by atoms with E-state index in [2.05, 4.69) is 22.2 Å². The highest BCUT2D eigenvalue weighted by atomic mass is 16.5. The van der Waals surface area contributed by atoms with Crippen molar-refractivity contribution in [3.63, 3.8) is 0 Å². The predicted octanol–water partition coefficient (Wildman–Crippen LogP) is -1.50. The van der Waals surface area contributed by atoms with Crippen LogP contribution in [0.15, 0.2) is 29.2 Å². The first-order chi connectivity index (χ1) is 8.60. The van der Waals surface area contributed by atoms with Crippen molar-refractivity contribution in [2.45, 2.75) is 12.3 Å². The molecule has 18 heavy (non-hydrogen) atoms. The van der Waals surface area contributed by atoms with Crippen LogP contribution < -0.4 is 16.4 Å². The van der Waals surface area contributed by atoms with Crippen LogP contribution in [-0.4, -0.2) is 55.0 Å². The molecule has 7 nitrogen and oxygen atoms in total. The molecule has 1 saturated heterocycles. The molecule has 100 valence electrons. The van der Waals surface area contributed by atoms with Gasteiger partial charge in [-0.25, -0.2) is 0 Å². The van der Waals surface area contributed by atoms with Crippen LogP contribution in [0.25, 0.3) is 0 Å². The topological polar surface area (TPSA) is 95.1 Å². The molecule has 5 N–H and O–H groups in total. The Morgan fingerprint density at radius 2 is 2.44 bits per heavy atom. The maximum Gasteiger partial charge on any atom is 0.199 e. The van der Waals surface area contributed by atoms with Gasteiger partial charge in [0.15, 0.2) is 5.96 Å². The molecule has 2 unspecified atom stereocenters. The zero-order valence-corrected chi connectivity index (χ0v) is 10.4.